The van der Waals surface area contributed by atoms with Crippen LogP contribution in [0, 0.1) is 0 Å². The standard InChI is InChI=1S/C17H24N6/c1-2-18-17(20-14-8-3-4-9-14)19-12-7-11-16-22-21-15-10-5-6-13-23(15)16/h3-6,10,13-14H,2,7-9,11-12H2,1H3,(H2,18,19,20). The highest BCUT2D eigenvalue weighted by Gasteiger charge is 2.11. The maximum atomic E-state index is 4.67. The molecule has 0 fully saturated rings. The van der Waals surface area contributed by atoms with Gasteiger partial charge in [-0.25, -0.2) is 0 Å². The summed E-state index contributed by atoms with van der Waals surface area (Å²) in [6.45, 7) is 3.74. The molecule has 2 aromatic heterocycles. The lowest BCUT2D eigenvalue weighted by Gasteiger charge is -2.16. The SMILES string of the molecule is CCNC(=NCCCc1nnc2ccccn12)NC1CC=CC1. The Morgan fingerprint density at radius 3 is 3.00 bits per heavy atom. The van der Waals surface area contributed by atoms with Gasteiger partial charge in [0.1, 0.15) is 5.82 Å². The van der Waals surface area contributed by atoms with Gasteiger partial charge in [-0.1, -0.05) is 18.2 Å². The fourth-order valence-electron chi connectivity index (χ4n) is 2.74. The number of nitrogens with zero attached hydrogens (tertiary/aromatic N) is 4. The molecule has 0 saturated carbocycles. The molecule has 0 aromatic carbocycles. The Morgan fingerprint density at radius 1 is 1.30 bits per heavy atom. The summed E-state index contributed by atoms with van der Waals surface area (Å²) in [6.07, 6.45) is 10.4. The van der Waals surface area contributed by atoms with Gasteiger partial charge >= 0.3 is 0 Å². The van der Waals surface area contributed by atoms with Gasteiger partial charge in [0, 0.05) is 31.7 Å². The van der Waals surface area contributed by atoms with Gasteiger partial charge < -0.3 is 10.6 Å². The van der Waals surface area contributed by atoms with Gasteiger partial charge in [0.15, 0.2) is 11.6 Å². The molecule has 2 aromatic rings. The van der Waals surface area contributed by atoms with Crippen LogP contribution in [0.1, 0.15) is 32.0 Å². The van der Waals surface area contributed by atoms with Gasteiger partial charge in [-0.3, -0.25) is 9.39 Å². The molecule has 0 spiro atoms. The van der Waals surface area contributed by atoms with Crippen molar-refractivity contribution in [3.8, 4) is 0 Å². The molecule has 3 rings (SSSR count). The van der Waals surface area contributed by atoms with Crippen molar-refractivity contribution < 1.29 is 0 Å². The topological polar surface area (TPSA) is 66.6 Å². The van der Waals surface area contributed by atoms with Crippen molar-refractivity contribution in [1.82, 2.24) is 25.2 Å². The number of nitrogens with one attached hydrogen (secondary N) is 2. The van der Waals surface area contributed by atoms with Crippen molar-refractivity contribution in [3.05, 3.63) is 42.4 Å². The van der Waals surface area contributed by atoms with E-state index < -0.39 is 0 Å². The average Bonchev–Trinajstić information content (AvgIpc) is 3.21. The third kappa shape index (κ3) is 4.09. The van der Waals surface area contributed by atoms with E-state index in [0.29, 0.717) is 6.04 Å². The second-order valence-electron chi connectivity index (χ2n) is 5.69. The Balaban J connectivity index is 1.51. The summed E-state index contributed by atoms with van der Waals surface area (Å²) in [5, 5.41) is 15.2. The van der Waals surface area contributed by atoms with E-state index >= 15 is 0 Å². The Kier molecular flexibility index (Phi) is 5.24. The molecule has 122 valence electrons. The minimum Gasteiger partial charge on any atom is -0.357 e. The van der Waals surface area contributed by atoms with E-state index in [9.17, 15) is 0 Å². The Labute approximate surface area is 136 Å². The zero-order valence-electron chi connectivity index (χ0n) is 13.6. The lowest BCUT2D eigenvalue weighted by molar-refractivity contribution is 0.631. The normalized spacial score (nSPS) is 15.4. The van der Waals surface area contributed by atoms with Crippen molar-refractivity contribution >= 4 is 11.6 Å². The maximum absolute atomic E-state index is 4.67. The molecule has 0 atom stereocenters. The first-order chi connectivity index (χ1) is 11.4. The third-order valence-electron chi connectivity index (χ3n) is 3.91. The molecule has 6 heteroatoms. The zero-order chi connectivity index (χ0) is 15.9. The largest absolute Gasteiger partial charge is 0.357 e. The van der Waals surface area contributed by atoms with Crippen LogP contribution in [-0.4, -0.2) is 39.7 Å². The Morgan fingerprint density at radius 2 is 2.17 bits per heavy atom. The van der Waals surface area contributed by atoms with Crippen molar-refractivity contribution in [2.75, 3.05) is 13.1 Å². The lowest BCUT2D eigenvalue weighted by Crippen LogP contribution is -2.42. The summed E-state index contributed by atoms with van der Waals surface area (Å²) in [4.78, 5) is 4.67. The Bertz CT molecular complexity index is 679. The first-order valence-corrected chi connectivity index (χ1v) is 8.35. The van der Waals surface area contributed by atoms with Gasteiger partial charge in [0.25, 0.3) is 0 Å². The van der Waals surface area contributed by atoms with Crippen LogP contribution < -0.4 is 10.6 Å². The molecule has 0 aliphatic heterocycles. The number of hydrogen-bond acceptors (Lipinski definition) is 3. The van der Waals surface area contributed by atoms with E-state index in [1.807, 2.05) is 28.8 Å². The molecule has 2 heterocycles. The smallest absolute Gasteiger partial charge is 0.191 e. The van der Waals surface area contributed by atoms with Crippen LogP contribution in [0.3, 0.4) is 0 Å². The molecule has 0 radical (unpaired) electrons. The molecule has 6 nitrogen and oxygen atoms in total. The number of aromatic nitrogens is 3. The maximum Gasteiger partial charge on any atom is 0.191 e. The van der Waals surface area contributed by atoms with Crippen LogP contribution in [0.2, 0.25) is 0 Å². The summed E-state index contributed by atoms with van der Waals surface area (Å²) in [7, 11) is 0. The van der Waals surface area contributed by atoms with Crippen molar-refractivity contribution in [2.24, 2.45) is 4.99 Å². The summed E-state index contributed by atoms with van der Waals surface area (Å²) >= 11 is 0. The highest BCUT2D eigenvalue weighted by Crippen LogP contribution is 2.09. The number of aryl methyl sites for hydroxylation is 1. The molecule has 1 aliphatic carbocycles. The zero-order valence-corrected chi connectivity index (χ0v) is 13.6. The number of guanidine groups is 1. The molecule has 0 amide bonds. The van der Waals surface area contributed by atoms with Crippen LogP contribution in [0.25, 0.3) is 5.65 Å². The summed E-state index contributed by atoms with van der Waals surface area (Å²) in [5.74, 6) is 1.90. The number of hydrogen-bond donors (Lipinski definition) is 2. The molecule has 0 saturated heterocycles. The van der Waals surface area contributed by atoms with Crippen molar-refractivity contribution in [1.29, 1.82) is 0 Å². The lowest BCUT2D eigenvalue weighted by atomic mass is 10.2. The second kappa shape index (κ2) is 7.76. The van der Waals surface area contributed by atoms with Gasteiger partial charge in [0.05, 0.1) is 0 Å². The third-order valence-corrected chi connectivity index (χ3v) is 3.91. The minimum absolute atomic E-state index is 0.480. The van der Waals surface area contributed by atoms with Crippen molar-refractivity contribution in [2.45, 2.75) is 38.6 Å². The minimum atomic E-state index is 0.480. The van der Waals surface area contributed by atoms with Crippen LogP contribution in [0.4, 0.5) is 0 Å². The van der Waals surface area contributed by atoms with E-state index in [4.69, 9.17) is 0 Å². The first kappa shape index (κ1) is 15.5. The van der Waals surface area contributed by atoms with E-state index in [1.165, 1.54) is 0 Å². The Hall–Kier alpha value is -2.37. The van der Waals surface area contributed by atoms with Crippen LogP contribution in [-0.2, 0) is 6.42 Å². The van der Waals surface area contributed by atoms with Gasteiger partial charge in [-0.15, -0.1) is 10.2 Å². The fourth-order valence-corrected chi connectivity index (χ4v) is 2.74. The molecular formula is C17H24N6. The summed E-state index contributed by atoms with van der Waals surface area (Å²) in [5.41, 5.74) is 0.898. The molecule has 2 N–H and O–H groups in total. The second-order valence-corrected chi connectivity index (χ2v) is 5.69. The van der Waals surface area contributed by atoms with E-state index in [2.05, 4.69) is 44.9 Å². The van der Waals surface area contributed by atoms with Crippen molar-refractivity contribution in [3.63, 3.8) is 0 Å². The quantitative estimate of drug-likeness (QED) is 0.370. The van der Waals surface area contributed by atoms with Crippen LogP contribution >= 0.6 is 0 Å². The molecule has 0 unspecified atom stereocenters. The monoisotopic (exact) mass is 312 g/mol. The van der Waals surface area contributed by atoms with Gasteiger partial charge in [0.2, 0.25) is 0 Å². The highest BCUT2D eigenvalue weighted by atomic mass is 15.2. The van der Waals surface area contributed by atoms with Gasteiger partial charge in [-0.2, -0.15) is 0 Å². The van der Waals surface area contributed by atoms with E-state index in [1.54, 1.807) is 0 Å². The number of aliphatic imine (C=N–C) groups is 1. The van der Waals surface area contributed by atoms with E-state index in [0.717, 1.165) is 56.2 Å². The number of pyridine rings is 1. The average molecular weight is 312 g/mol. The first-order valence-electron chi connectivity index (χ1n) is 8.35. The molecule has 1 aliphatic rings. The molecule has 0 bridgehead atoms. The van der Waals surface area contributed by atoms with Crippen LogP contribution in [0.5, 0.6) is 0 Å². The highest BCUT2D eigenvalue weighted by molar-refractivity contribution is 5.80. The predicted octanol–water partition coefficient (Wildman–Crippen LogP) is 1.94. The fraction of sp³-hybridized carbons (Fsp3) is 0.471. The summed E-state index contributed by atoms with van der Waals surface area (Å²) < 4.78 is 2.04. The summed E-state index contributed by atoms with van der Waals surface area (Å²) in [6, 6.07) is 6.43. The predicted molar refractivity (Wildman–Crippen MR) is 92.6 cm³/mol. The number of fused-ring (bicyclic) bond motifs is 1. The molecule has 23 heavy (non-hydrogen) atoms. The molecular weight excluding hydrogens is 288 g/mol. The van der Waals surface area contributed by atoms with Crippen LogP contribution in [0.15, 0.2) is 41.5 Å². The number of rotatable bonds is 6. The van der Waals surface area contributed by atoms with E-state index in [-0.39, 0.29) is 0 Å². The van der Waals surface area contributed by atoms with Gasteiger partial charge in [-0.05, 0) is 38.3 Å².